The number of nitrogen functional groups attached to an aromatic ring is 1. The predicted molar refractivity (Wildman–Crippen MR) is 342 cm³/mol. The van der Waals surface area contributed by atoms with Gasteiger partial charge in [-0.3, -0.25) is 28.3 Å². The van der Waals surface area contributed by atoms with Crippen LogP contribution in [0.15, 0.2) is 60.7 Å². The van der Waals surface area contributed by atoms with Crippen LogP contribution < -0.4 is 45.9 Å². The van der Waals surface area contributed by atoms with Gasteiger partial charge in [0.15, 0.2) is 11.5 Å². The van der Waals surface area contributed by atoms with Crippen LogP contribution in [0.25, 0.3) is 0 Å². The molecule has 4 saturated carbocycles. The van der Waals surface area contributed by atoms with Crippen LogP contribution >= 0.6 is 14.7 Å². The molecule has 87 heavy (non-hydrogen) atoms. The van der Waals surface area contributed by atoms with Crippen LogP contribution in [0.2, 0.25) is 0 Å². The van der Waals surface area contributed by atoms with Gasteiger partial charge >= 0.3 is 0 Å². The summed E-state index contributed by atoms with van der Waals surface area (Å²) in [5.41, 5.74) is 17.1. The van der Waals surface area contributed by atoms with Crippen LogP contribution in [0.4, 0.5) is 11.4 Å². The Kier molecular flexibility index (Phi) is 21.2. The van der Waals surface area contributed by atoms with Gasteiger partial charge in [0, 0.05) is 46.2 Å². The first-order valence-corrected chi connectivity index (χ1v) is 35.9. The molecule has 10 rings (SSSR count). The molecule has 9 N–H and O–H groups in total. The minimum Gasteiger partial charge on any atom is -0.505 e. The SMILES string of the molecule is C.COc1ccc(N)c(O)c1C(=O)NCCCNC(=O)CCCC1CCC2C3CCc4cc(OP(C)(C)=O)ccc4C3CCC12C.COc1ccc(NC(=O)CCOC2CCC3C4CCc5cc(OP(C)(C)=O)ccc5C4CCC23C)c(O)c1C(N)=O. The Hall–Kier alpha value is -6.22. The van der Waals surface area contributed by atoms with Crippen molar-refractivity contribution >= 4 is 49.7 Å². The molecule has 10 atom stereocenters. The third-order valence-electron chi connectivity index (χ3n) is 20.2. The molecule has 476 valence electrons. The summed E-state index contributed by atoms with van der Waals surface area (Å²) in [6, 6.07) is 18.6. The number of rotatable bonds is 21. The van der Waals surface area contributed by atoms with Crippen molar-refractivity contribution in [2.24, 2.45) is 46.2 Å². The van der Waals surface area contributed by atoms with E-state index >= 15 is 0 Å². The first kappa shape index (κ1) is 66.7. The van der Waals surface area contributed by atoms with Gasteiger partial charge in [0.05, 0.1) is 44.7 Å². The zero-order valence-electron chi connectivity index (χ0n) is 51.5. The molecular formula is C67H95N5O13P2. The Balaban J connectivity index is 0.000000224. The number of amides is 4. The highest BCUT2D eigenvalue weighted by molar-refractivity contribution is 7.58. The van der Waals surface area contributed by atoms with Crippen LogP contribution in [-0.2, 0) is 36.3 Å². The fourth-order valence-corrected chi connectivity index (χ4v) is 17.6. The summed E-state index contributed by atoms with van der Waals surface area (Å²) in [4.78, 5) is 49.6. The fourth-order valence-electron chi connectivity index (χ4n) is 16.3. The number of anilines is 2. The van der Waals surface area contributed by atoms with Crippen molar-refractivity contribution in [2.75, 3.05) is 71.6 Å². The van der Waals surface area contributed by atoms with Gasteiger partial charge in [-0.1, -0.05) is 33.4 Å². The number of methoxy groups -OCH3 is 2. The number of nitrogens with two attached hydrogens (primary N) is 2. The third kappa shape index (κ3) is 14.9. The molecule has 4 amide bonds. The van der Waals surface area contributed by atoms with Crippen molar-refractivity contribution in [1.82, 2.24) is 10.6 Å². The van der Waals surface area contributed by atoms with Crippen LogP contribution in [0.5, 0.6) is 34.5 Å². The molecule has 6 aliphatic carbocycles. The Morgan fingerprint density at radius 3 is 1.78 bits per heavy atom. The molecular weight excluding hydrogens is 1140 g/mol. The van der Waals surface area contributed by atoms with Crippen molar-refractivity contribution in [3.8, 4) is 34.5 Å². The maximum Gasteiger partial charge on any atom is 0.258 e. The van der Waals surface area contributed by atoms with Gasteiger partial charge in [-0.05, 0) is 219 Å². The third-order valence-corrected chi connectivity index (χ3v) is 21.5. The Labute approximate surface area is 514 Å². The molecule has 0 heterocycles. The number of carbonyl (C=O) groups excluding carboxylic acids is 4. The van der Waals surface area contributed by atoms with Crippen LogP contribution in [0.1, 0.15) is 172 Å². The number of ether oxygens (including phenoxy) is 3. The maximum atomic E-state index is 12.7. The molecule has 0 bridgehead atoms. The number of benzene rings is 4. The summed E-state index contributed by atoms with van der Waals surface area (Å²) < 4.78 is 52.4. The minimum atomic E-state index is -2.60. The van der Waals surface area contributed by atoms with E-state index in [1.54, 1.807) is 32.7 Å². The maximum absolute atomic E-state index is 12.7. The number of primary amides is 1. The number of hydrogen-bond donors (Lipinski definition) is 7. The van der Waals surface area contributed by atoms with Gasteiger partial charge in [-0.25, -0.2) is 0 Å². The standard InChI is InChI=1S/C35H50N3O6P.C31H41N2O7P.CH4/c1-35-18-17-26-25-13-11-24(44-45(3,4)42)21-22(25)9-12-27(26)28(35)14-10-23(35)7-5-8-31(39)37-19-6-20-38-34(41)32-30(43-2)16-15-29(36)33(32)40;1-31-15-13-21-20-8-6-19(40-41(3,4)37)17-18(20)5-7-22(21)23(31)9-12-26(31)39-16-14-27(34)33-24-10-11-25(38-2)28(29(24)35)30(32)36;/h11,13,15-16,21,23,26-28,40H,5-10,12,14,17-20,36H2,1-4H3,(H,37,39)(H,38,41);6,8,10-11,17,21-23,26,35H,5,7,9,12-16H2,1-4H3,(H2,32,36)(H,33,34);1H4. The highest BCUT2D eigenvalue weighted by Gasteiger charge is 2.56. The average molecular weight is 1240 g/mol. The lowest BCUT2D eigenvalue weighted by atomic mass is 9.54. The molecule has 20 heteroatoms. The molecule has 0 aliphatic heterocycles. The molecule has 0 radical (unpaired) electrons. The van der Waals surface area contributed by atoms with E-state index < -0.39 is 32.3 Å². The van der Waals surface area contributed by atoms with E-state index in [-0.39, 0.29) is 83.5 Å². The molecule has 4 aromatic carbocycles. The van der Waals surface area contributed by atoms with E-state index in [0.29, 0.717) is 72.6 Å². The molecule has 4 aromatic rings. The van der Waals surface area contributed by atoms with Crippen molar-refractivity contribution in [2.45, 2.75) is 148 Å². The van der Waals surface area contributed by atoms with E-state index in [4.69, 9.17) is 34.7 Å². The molecule has 0 aromatic heterocycles. The van der Waals surface area contributed by atoms with E-state index in [1.807, 2.05) is 12.1 Å². The molecule has 10 unspecified atom stereocenters. The van der Waals surface area contributed by atoms with Gasteiger partial charge in [-0.2, -0.15) is 0 Å². The van der Waals surface area contributed by atoms with Gasteiger partial charge in [-0.15, -0.1) is 0 Å². The highest BCUT2D eigenvalue weighted by Crippen LogP contribution is 2.65. The summed E-state index contributed by atoms with van der Waals surface area (Å²) in [6.07, 6.45) is 16.9. The summed E-state index contributed by atoms with van der Waals surface area (Å²) in [7, 11) is -2.38. The zero-order valence-corrected chi connectivity index (χ0v) is 53.3. The molecule has 18 nitrogen and oxygen atoms in total. The number of hydrogen-bond acceptors (Lipinski definition) is 14. The van der Waals surface area contributed by atoms with E-state index in [2.05, 4.69) is 54.1 Å². The van der Waals surface area contributed by atoms with Crippen molar-refractivity contribution < 1.29 is 61.8 Å². The average Bonchev–Trinajstić information content (AvgIpc) is 1.71. The van der Waals surface area contributed by atoms with E-state index in [9.17, 15) is 38.5 Å². The first-order chi connectivity index (χ1) is 40.8. The quantitative estimate of drug-likeness (QED) is 0.0177. The summed E-state index contributed by atoms with van der Waals surface area (Å²) in [6.45, 7) is 12.6. The Bertz CT molecular complexity index is 3270. The van der Waals surface area contributed by atoms with Crippen LogP contribution in [-0.4, -0.2) is 101 Å². The number of carbonyl (C=O) groups is 4. The minimum absolute atomic E-state index is 0. The number of aryl methyl sites for hydroxylation is 2. The van der Waals surface area contributed by atoms with Crippen molar-refractivity contribution in [3.05, 3.63) is 94.0 Å². The molecule has 6 aliphatic rings. The Morgan fingerprint density at radius 2 is 1.20 bits per heavy atom. The largest absolute Gasteiger partial charge is 0.505 e. The van der Waals surface area contributed by atoms with Gasteiger partial charge in [0.2, 0.25) is 26.6 Å². The normalized spacial score (nSPS) is 25.8. The summed E-state index contributed by atoms with van der Waals surface area (Å²) in [5, 5.41) is 29.0. The van der Waals surface area contributed by atoms with Crippen LogP contribution in [0, 0.1) is 40.4 Å². The number of fused-ring (bicyclic) bond motifs is 10. The van der Waals surface area contributed by atoms with Crippen molar-refractivity contribution in [1.29, 1.82) is 0 Å². The molecule has 4 fully saturated rings. The second-order valence-corrected chi connectivity index (χ2v) is 31.5. The second kappa shape index (κ2) is 27.7. The predicted octanol–water partition coefficient (Wildman–Crippen LogP) is 12.8. The number of phenolic OH excluding ortho intramolecular Hbond substituents is 1. The summed E-state index contributed by atoms with van der Waals surface area (Å²) in [5.74, 6) is 3.92. The van der Waals surface area contributed by atoms with Crippen molar-refractivity contribution in [3.63, 3.8) is 0 Å². The topological polar surface area (TPSA) is 277 Å². The molecule has 0 saturated heterocycles. The number of phenols is 2. The van der Waals surface area contributed by atoms with Crippen LogP contribution in [0.3, 0.4) is 0 Å². The lowest BCUT2D eigenvalue weighted by Crippen LogP contribution is -2.44. The lowest BCUT2D eigenvalue weighted by Gasteiger charge is -2.51. The van der Waals surface area contributed by atoms with Gasteiger partial charge in [0.1, 0.15) is 34.1 Å². The second-order valence-electron chi connectivity index (χ2n) is 26.2. The Morgan fingerprint density at radius 1 is 0.644 bits per heavy atom. The summed E-state index contributed by atoms with van der Waals surface area (Å²) >= 11 is 0. The lowest BCUT2D eigenvalue weighted by molar-refractivity contribution is -0.121. The van der Waals surface area contributed by atoms with E-state index in [0.717, 1.165) is 69.5 Å². The van der Waals surface area contributed by atoms with Gasteiger partial charge < -0.3 is 60.9 Å². The van der Waals surface area contributed by atoms with E-state index in [1.165, 1.54) is 86.8 Å². The first-order valence-electron chi connectivity index (χ1n) is 30.9. The molecule has 0 spiro atoms. The zero-order chi connectivity index (χ0) is 61.9. The number of nitrogens with one attached hydrogen (secondary N) is 3. The fraction of sp³-hybridized carbons (Fsp3) is 0.582. The van der Waals surface area contributed by atoms with Gasteiger partial charge in [0.25, 0.3) is 11.8 Å². The highest BCUT2D eigenvalue weighted by atomic mass is 31.2. The number of aromatic hydroxyl groups is 2. The monoisotopic (exact) mass is 1240 g/mol. The smallest absolute Gasteiger partial charge is 0.258 e.